The Bertz CT molecular complexity index is 551. The number of benzene rings is 1. The van der Waals surface area contributed by atoms with Crippen molar-refractivity contribution in [3.63, 3.8) is 0 Å². The molecule has 1 saturated heterocycles. The van der Waals surface area contributed by atoms with Crippen molar-refractivity contribution in [1.82, 2.24) is 4.90 Å². The lowest BCUT2D eigenvalue weighted by molar-refractivity contribution is -0.383. The number of hydrogen-bond acceptors (Lipinski definition) is 4. The zero-order valence-electron chi connectivity index (χ0n) is 13.3. The van der Waals surface area contributed by atoms with Crippen LogP contribution in [-0.2, 0) is 4.79 Å². The maximum absolute atomic E-state index is 12.4. The minimum absolute atomic E-state index is 0.0802. The minimum atomic E-state index is -0.481. The fraction of sp³-hybridized carbons (Fsp3) is 0.562. The van der Waals surface area contributed by atoms with Gasteiger partial charge in [0, 0.05) is 19.2 Å². The number of hydrogen-bond donors (Lipinski definition) is 1. The molecule has 1 amide bonds. The summed E-state index contributed by atoms with van der Waals surface area (Å²) in [6.45, 7) is 8.01. The standard InChI is InChI=1S/C16H23N3O3/c1-11-8-12(2)10-18(9-11)13(3)16(20)17-14-6-4-5-7-15(14)19(21)22/h4-7,11-13H,8-10H2,1-3H3,(H,17,20)/t11-,12-,13-/m0/s1. The number of nitro benzene ring substituents is 1. The van der Waals surface area contributed by atoms with Crippen LogP contribution in [0.5, 0.6) is 0 Å². The Morgan fingerprint density at radius 1 is 1.32 bits per heavy atom. The van der Waals surface area contributed by atoms with Gasteiger partial charge >= 0.3 is 0 Å². The van der Waals surface area contributed by atoms with Crippen LogP contribution in [0.15, 0.2) is 24.3 Å². The van der Waals surface area contributed by atoms with Crippen molar-refractivity contribution in [2.24, 2.45) is 11.8 Å². The molecule has 1 N–H and O–H groups in total. The Morgan fingerprint density at radius 2 is 1.91 bits per heavy atom. The van der Waals surface area contributed by atoms with Gasteiger partial charge in [-0.1, -0.05) is 26.0 Å². The summed E-state index contributed by atoms with van der Waals surface area (Å²) < 4.78 is 0. The van der Waals surface area contributed by atoms with E-state index in [2.05, 4.69) is 24.1 Å². The van der Waals surface area contributed by atoms with Crippen molar-refractivity contribution < 1.29 is 9.72 Å². The van der Waals surface area contributed by atoms with Crippen molar-refractivity contribution >= 4 is 17.3 Å². The third-order valence-electron chi connectivity index (χ3n) is 4.18. The first-order valence-corrected chi connectivity index (χ1v) is 7.66. The smallest absolute Gasteiger partial charge is 0.292 e. The lowest BCUT2D eigenvalue weighted by Gasteiger charge is -2.38. The van der Waals surface area contributed by atoms with Crippen LogP contribution in [0.2, 0.25) is 0 Å². The second kappa shape index (κ2) is 6.87. The van der Waals surface area contributed by atoms with Crippen LogP contribution >= 0.6 is 0 Å². The first kappa shape index (κ1) is 16.4. The topological polar surface area (TPSA) is 75.5 Å². The van der Waals surface area contributed by atoms with Crippen LogP contribution in [0.1, 0.15) is 27.2 Å². The molecular formula is C16H23N3O3. The largest absolute Gasteiger partial charge is 0.319 e. The SMILES string of the molecule is C[C@H]1C[C@H](C)CN([C@@H](C)C(=O)Nc2ccccc2[N+](=O)[O-])C1. The fourth-order valence-electron chi connectivity index (χ4n) is 3.17. The second-order valence-electron chi connectivity index (χ2n) is 6.34. The van der Waals surface area contributed by atoms with E-state index < -0.39 is 4.92 Å². The minimum Gasteiger partial charge on any atom is -0.319 e. The van der Waals surface area contributed by atoms with Crippen molar-refractivity contribution in [2.75, 3.05) is 18.4 Å². The highest BCUT2D eigenvalue weighted by Crippen LogP contribution is 2.25. The molecule has 0 aliphatic carbocycles. The molecule has 1 fully saturated rings. The number of nitrogens with zero attached hydrogens (tertiary/aromatic N) is 2. The number of nitro groups is 1. The average Bonchev–Trinajstić information content (AvgIpc) is 2.45. The highest BCUT2D eigenvalue weighted by Gasteiger charge is 2.29. The third kappa shape index (κ3) is 3.82. The highest BCUT2D eigenvalue weighted by atomic mass is 16.6. The summed E-state index contributed by atoms with van der Waals surface area (Å²) in [5.41, 5.74) is 0.172. The molecule has 0 bridgehead atoms. The van der Waals surface area contributed by atoms with Crippen LogP contribution in [0.4, 0.5) is 11.4 Å². The number of carbonyl (C=O) groups is 1. The molecule has 0 spiro atoms. The van der Waals surface area contributed by atoms with Gasteiger partial charge in [-0.05, 0) is 31.2 Å². The van der Waals surface area contributed by atoms with Gasteiger partial charge in [-0.3, -0.25) is 19.8 Å². The van der Waals surface area contributed by atoms with Crippen LogP contribution in [0, 0.1) is 22.0 Å². The summed E-state index contributed by atoms with van der Waals surface area (Å²) in [5, 5.41) is 13.7. The van der Waals surface area contributed by atoms with E-state index >= 15 is 0 Å². The number of nitrogens with one attached hydrogen (secondary N) is 1. The lowest BCUT2D eigenvalue weighted by Crippen LogP contribution is -2.48. The third-order valence-corrected chi connectivity index (χ3v) is 4.18. The van der Waals surface area contributed by atoms with Gasteiger partial charge in [0.25, 0.3) is 5.69 Å². The number of likely N-dealkylation sites (tertiary alicyclic amines) is 1. The predicted molar refractivity (Wildman–Crippen MR) is 85.7 cm³/mol. The Morgan fingerprint density at radius 3 is 2.50 bits per heavy atom. The van der Waals surface area contributed by atoms with Crippen molar-refractivity contribution in [1.29, 1.82) is 0 Å². The molecule has 0 saturated carbocycles. The number of anilines is 1. The van der Waals surface area contributed by atoms with Gasteiger partial charge in [-0.25, -0.2) is 0 Å². The summed E-state index contributed by atoms with van der Waals surface area (Å²) >= 11 is 0. The van der Waals surface area contributed by atoms with Crippen molar-refractivity contribution in [3.8, 4) is 0 Å². The van der Waals surface area contributed by atoms with Crippen molar-refractivity contribution in [2.45, 2.75) is 33.2 Å². The Labute approximate surface area is 130 Å². The highest BCUT2D eigenvalue weighted by molar-refractivity contribution is 5.96. The first-order chi connectivity index (χ1) is 10.4. The monoisotopic (exact) mass is 305 g/mol. The van der Waals surface area contributed by atoms with E-state index in [0.29, 0.717) is 11.8 Å². The normalized spacial score (nSPS) is 23.8. The molecule has 1 aliphatic rings. The van der Waals surface area contributed by atoms with Crippen LogP contribution in [-0.4, -0.2) is 34.9 Å². The van der Waals surface area contributed by atoms with Gasteiger partial charge in [0.15, 0.2) is 0 Å². The van der Waals surface area contributed by atoms with E-state index in [1.54, 1.807) is 18.2 Å². The fourth-order valence-corrected chi connectivity index (χ4v) is 3.17. The summed E-state index contributed by atoms with van der Waals surface area (Å²) in [6.07, 6.45) is 1.18. The summed E-state index contributed by atoms with van der Waals surface area (Å²) in [5.74, 6) is 0.922. The van der Waals surface area contributed by atoms with E-state index in [9.17, 15) is 14.9 Å². The zero-order chi connectivity index (χ0) is 16.3. The average molecular weight is 305 g/mol. The molecule has 22 heavy (non-hydrogen) atoms. The van der Waals surface area contributed by atoms with E-state index in [4.69, 9.17) is 0 Å². The van der Waals surface area contributed by atoms with Gasteiger partial charge in [0.1, 0.15) is 5.69 Å². The first-order valence-electron chi connectivity index (χ1n) is 7.66. The molecule has 2 rings (SSSR count). The van der Waals surface area contributed by atoms with Gasteiger partial charge in [0.2, 0.25) is 5.91 Å². The molecule has 6 nitrogen and oxygen atoms in total. The molecule has 1 heterocycles. The molecule has 0 unspecified atom stereocenters. The maximum atomic E-state index is 12.4. The van der Waals surface area contributed by atoms with E-state index in [0.717, 1.165) is 13.1 Å². The van der Waals surface area contributed by atoms with Crippen LogP contribution in [0.3, 0.4) is 0 Å². The number of para-hydroxylation sites is 2. The Kier molecular flexibility index (Phi) is 5.13. The zero-order valence-corrected chi connectivity index (χ0v) is 13.3. The summed E-state index contributed by atoms with van der Waals surface area (Å²) in [4.78, 5) is 25.1. The Hall–Kier alpha value is -1.95. The number of amides is 1. The van der Waals surface area contributed by atoms with Crippen LogP contribution < -0.4 is 5.32 Å². The van der Waals surface area contributed by atoms with E-state index in [-0.39, 0.29) is 23.3 Å². The van der Waals surface area contributed by atoms with Crippen LogP contribution in [0.25, 0.3) is 0 Å². The summed E-state index contributed by atoms with van der Waals surface area (Å²) in [6, 6.07) is 5.92. The number of carbonyl (C=O) groups excluding carboxylic acids is 1. The lowest BCUT2D eigenvalue weighted by atomic mass is 9.91. The molecule has 3 atom stereocenters. The molecule has 1 aromatic rings. The van der Waals surface area contributed by atoms with Gasteiger partial charge < -0.3 is 5.32 Å². The van der Waals surface area contributed by atoms with Crippen molar-refractivity contribution in [3.05, 3.63) is 34.4 Å². The van der Waals surface area contributed by atoms with E-state index in [1.165, 1.54) is 12.5 Å². The van der Waals surface area contributed by atoms with Gasteiger partial charge in [-0.15, -0.1) is 0 Å². The molecular weight excluding hydrogens is 282 g/mol. The summed E-state index contributed by atoms with van der Waals surface area (Å²) in [7, 11) is 0. The predicted octanol–water partition coefficient (Wildman–Crippen LogP) is 2.90. The molecule has 120 valence electrons. The second-order valence-corrected chi connectivity index (χ2v) is 6.34. The quantitative estimate of drug-likeness (QED) is 0.685. The number of piperidine rings is 1. The van der Waals surface area contributed by atoms with Gasteiger partial charge in [-0.2, -0.15) is 0 Å². The molecule has 0 radical (unpaired) electrons. The van der Waals surface area contributed by atoms with E-state index in [1.807, 2.05) is 6.92 Å². The number of rotatable bonds is 4. The molecule has 0 aromatic heterocycles. The Balaban J connectivity index is 2.07. The maximum Gasteiger partial charge on any atom is 0.292 e. The molecule has 6 heteroatoms. The van der Waals surface area contributed by atoms with Gasteiger partial charge in [0.05, 0.1) is 11.0 Å². The molecule has 1 aromatic carbocycles. The molecule has 1 aliphatic heterocycles.